The summed E-state index contributed by atoms with van der Waals surface area (Å²) in [6.45, 7) is 1.90. The molecule has 0 saturated carbocycles. The van der Waals surface area contributed by atoms with E-state index in [1.807, 2.05) is 60.7 Å². The molecular weight excluding hydrogens is 306 g/mol. The number of ether oxygens (including phenoxy) is 2. The highest BCUT2D eigenvalue weighted by Gasteiger charge is 2.14. The number of rotatable bonds is 6. The first-order valence-corrected chi connectivity index (χ1v) is 7.54. The second kappa shape index (κ2) is 9.15. The van der Waals surface area contributed by atoms with Gasteiger partial charge < -0.3 is 9.47 Å². The Morgan fingerprint density at radius 2 is 1.38 bits per heavy atom. The first-order valence-electron chi connectivity index (χ1n) is 7.54. The minimum atomic E-state index is -0.705. The van der Waals surface area contributed by atoms with Gasteiger partial charge in [-0.15, -0.1) is 0 Å². The van der Waals surface area contributed by atoms with Crippen molar-refractivity contribution >= 4 is 12.1 Å². The zero-order chi connectivity index (χ0) is 17.2. The van der Waals surface area contributed by atoms with Crippen LogP contribution in [0.3, 0.4) is 0 Å². The third kappa shape index (κ3) is 5.61. The Morgan fingerprint density at radius 3 is 1.88 bits per heavy atom. The number of hydrogen-bond acceptors (Lipinski definition) is 4. The second-order valence-corrected chi connectivity index (χ2v) is 4.95. The van der Waals surface area contributed by atoms with E-state index in [2.05, 4.69) is 5.32 Å². The van der Waals surface area contributed by atoms with Crippen molar-refractivity contribution in [2.24, 2.45) is 0 Å². The lowest BCUT2D eigenvalue weighted by Crippen LogP contribution is -2.29. The first kappa shape index (κ1) is 17.3. The molecule has 1 amide bonds. The first-order chi connectivity index (χ1) is 11.7. The maximum Gasteiger partial charge on any atom is 0.412 e. The fourth-order valence-corrected chi connectivity index (χ4v) is 1.91. The Morgan fingerprint density at radius 1 is 0.875 bits per heavy atom. The second-order valence-electron chi connectivity index (χ2n) is 4.95. The number of carbonyl (C=O) groups is 2. The van der Waals surface area contributed by atoms with Crippen LogP contribution in [0, 0.1) is 0 Å². The molecule has 0 aliphatic rings. The normalized spacial score (nSPS) is 10.8. The van der Waals surface area contributed by atoms with Crippen LogP contribution >= 0.6 is 0 Å². The van der Waals surface area contributed by atoms with Crippen LogP contribution in [0.1, 0.15) is 18.1 Å². The molecule has 5 heteroatoms. The molecule has 0 spiro atoms. The van der Waals surface area contributed by atoms with Crippen molar-refractivity contribution in [2.45, 2.75) is 20.1 Å². The van der Waals surface area contributed by atoms with Gasteiger partial charge in [-0.3, -0.25) is 5.32 Å². The Kier molecular flexibility index (Phi) is 6.58. The lowest BCUT2D eigenvalue weighted by atomic mass is 10.2. The van der Waals surface area contributed by atoms with Gasteiger partial charge in [-0.05, 0) is 18.1 Å². The number of amides is 1. The van der Waals surface area contributed by atoms with Gasteiger partial charge in [0, 0.05) is 0 Å². The largest absolute Gasteiger partial charge is 0.456 e. The van der Waals surface area contributed by atoms with Crippen LogP contribution in [-0.4, -0.2) is 12.1 Å². The monoisotopic (exact) mass is 325 g/mol. The van der Waals surface area contributed by atoms with Crippen molar-refractivity contribution in [1.82, 2.24) is 5.32 Å². The van der Waals surface area contributed by atoms with Crippen molar-refractivity contribution in [3.05, 3.63) is 83.6 Å². The summed E-state index contributed by atoms with van der Waals surface area (Å²) in [6, 6.07) is 18.6. The molecule has 2 rings (SSSR count). The summed E-state index contributed by atoms with van der Waals surface area (Å²) in [5.74, 6) is -0.613. The highest BCUT2D eigenvalue weighted by Crippen LogP contribution is 2.05. The van der Waals surface area contributed by atoms with Crippen molar-refractivity contribution in [3.8, 4) is 0 Å². The number of esters is 1. The molecule has 24 heavy (non-hydrogen) atoms. The molecular formula is C19H19NO4. The Balaban J connectivity index is 1.80. The molecule has 0 saturated heterocycles. The van der Waals surface area contributed by atoms with Crippen molar-refractivity contribution in [2.75, 3.05) is 0 Å². The molecule has 0 aliphatic heterocycles. The summed E-state index contributed by atoms with van der Waals surface area (Å²) in [4.78, 5) is 23.8. The molecule has 2 aromatic rings. The standard InChI is InChI=1S/C19H19NO4/c1-2-17(18(21)23-13-15-9-5-3-6-10-15)20-19(22)24-14-16-11-7-4-8-12-16/h2-12H,13-14H2,1H3,(H,20,22)/b17-2-. The highest BCUT2D eigenvalue weighted by atomic mass is 16.6. The van der Waals surface area contributed by atoms with Gasteiger partial charge in [-0.1, -0.05) is 66.7 Å². The van der Waals surface area contributed by atoms with E-state index in [1.54, 1.807) is 6.92 Å². The van der Waals surface area contributed by atoms with Crippen LogP contribution in [0.5, 0.6) is 0 Å². The van der Waals surface area contributed by atoms with Gasteiger partial charge in [0.05, 0.1) is 0 Å². The third-order valence-electron chi connectivity index (χ3n) is 3.17. The molecule has 0 radical (unpaired) electrons. The van der Waals surface area contributed by atoms with Gasteiger partial charge in [0.2, 0.25) is 0 Å². The molecule has 5 nitrogen and oxygen atoms in total. The number of allylic oxidation sites excluding steroid dienone is 1. The number of carbonyl (C=O) groups excluding carboxylic acids is 2. The van der Waals surface area contributed by atoms with E-state index in [0.717, 1.165) is 11.1 Å². The maximum atomic E-state index is 12.0. The lowest BCUT2D eigenvalue weighted by Gasteiger charge is -2.10. The van der Waals surface area contributed by atoms with Crippen LogP contribution < -0.4 is 5.32 Å². The van der Waals surface area contributed by atoms with Crippen LogP contribution in [0.25, 0.3) is 0 Å². The summed E-state index contributed by atoms with van der Waals surface area (Å²) in [6.07, 6.45) is 0.764. The summed E-state index contributed by atoms with van der Waals surface area (Å²) in [5.41, 5.74) is 1.78. The van der Waals surface area contributed by atoms with Gasteiger partial charge in [0.25, 0.3) is 0 Å². The SMILES string of the molecule is C/C=C(\NC(=O)OCc1ccccc1)C(=O)OCc1ccccc1. The van der Waals surface area contributed by atoms with Crippen LogP contribution in [0.2, 0.25) is 0 Å². The zero-order valence-electron chi connectivity index (χ0n) is 13.4. The third-order valence-corrected chi connectivity index (χ3v) is 3.17. The van der Waals surface area contributed by atoms with E-state index in [1.165, 1.54) is 6.08 Å². The smallest absolute Gasteiger partial charge is 0.412 e. The number of nitrogens with one attached hydrogen (secondary N) is 1. The molecule has 0 heterocycles. The van der Waals surface area contributed by atoms with Crippen molar-refractivity contribution in [3.63, 3.8) is 0 Å². The fourth-order valence-electron chi connectivity index (χ4n) is 1.91. The van der Waals surface area contributed by atoms with Crippen LogP contribution in [0.15, 0.2) is 72.4 Å². The van der Waals surface area contributed by atoms with Crippen molar-refractivity contribution in [1.29, 1.82) is 0 Å². The van der Waals surface area contributed by atoms with E-state index in [9.17, 15) is 9.59 Å². The molecule has 1 N–H and O–H groups in total. The molecule has 0 fully saturated rings. The summed E-state index contributed by atoms with van der Waals surface area (Å²) < 4.78 is 10.2. The lowest BCUT2D eigenvalue weighted by molar-refractivity contribution is -0.140. The van der Waals surface area contributed by atoms with E-state index >= 15 is 0 Å². The average molecular weight is 325 g/mol. The minimum Gasteiger partial charge on any atom is -0.456 e. The van der Waals surface area contributed by atoms with E-state index in [-0.39, 0.29) is 18.9 Å². The average Bonchev–Trinajstić information content (AvgIpc) is 2.64. The quantitative estimate of drug-likeness (QED) is 0.651. The van der Waals surface area contributed by atoms with E-state index < -0.39 is 12.1 Å². The van der Waals surface area contributed by atoms with Crippen LogP contribution in [-0.2, 0) is 27.5 Å². The summed E-state index contributed by atoms with van der Waals surface area (Å²) in [7, 11) is 0. The van der Waals surface area contributed by atoms with Gasteiger partial charge in [0.15, 0.2) is 0 Å². The number of hydrogen-bond donors (Lipinski definition) is 1. The van der Waals surface area contributed by atoms with Gasteiger partial charge in [0.1, 0.15) is 18.9 Å². The maximum absolute atomic E-state index is 12.0. The molecule has 0 aromatic heterocycles. The topological polar surface area (TPSA) is 64.6 Å². The van der Waals surface area contributed by atoms with Gasteiger partial charge in [-0.2, -0.15) is 0 Å². The highest BCUT2D eigenvalue weighted by molar-refractivity contribution is 5.92. The minimum absolute atomic E-state index is 0.0454. The molecule has 0 unspecified atom stereocenters. The summed E-state index contributed by atoms with van der Waals surface area (Å²) in [5, 5.41) is 2.40. The molecule has 2 aromatic carbocycles. The fraction of sp³-hybridized carbons (Fsp3) is 0.158. The Labute approximate surface area is 140 Å². The number of alkyl carbamates (subject to hydrolysis) is 1. The Hall–Kier alpha value is -3.08. The summed E-state index contributed by atoms with van der Waals surface area (Å²) >= 11 is 0. The number of benzene rings is 2. The van der Waals surface area contributed by atoms with Gasteiger partial charge >= 0.3 is 12.1 Å². The van der Waals surface area contributed by atoms with Gasteiger partial charge in [-0.25, -0.2) is 9.59 Å². The van der Waals surface area contributed by atoms with Crippen molar-refractivity contribution < 1.29 is 19.1 Å². The predicted molar refractivity (Wildman–Crippen MR) is 89.8 cm³/mol. The molecule has 124 valence electrons. The predicted octanol–water partition coefficient (Wildman–Crippen LogP) is 3.56. The molecule has 0 atom stereocenters. The molecule has 0 aliphatic carbocycles. The Bertz CT molecular complexity index is 696. The molecule has 0 bridgehead atoms. The van der Waals surface area contributed by atoms with E-state index in [0.29, 0.717) is 0 Å². The van der Waals surface area contributed by atoms with Crippen LogP contribution in [0.4, 0.5) is 4.79 Å². The zero-order valence-corrected chi connectivity index (χ0v) is 13.4. The van der Waals surface area contributed by atoms with E-state index in [4.69, 9.17) is 9.47 Å².